The minimum atomic E-state index is 0.869. The second-order valence-corrected chi connectivity index (χ2v) is 9.97. The van der Waals surface area contributed by atoms with Crippen molar-refractivity contribution in [2.24, 2.45) is 0 Å². The normalized spacial score (nSPS) is 10.8. The smallest absolute Gasteiger partial charge is 0.137 e. The molecule has 0 unspecified atom stereocenters. The molecule has 0 bridgehead atoms. The van der Waals surface area contributed by atoms with Gasteiger partial charge in [-0.25, -0.2) is 4.98 Å². The van der Waals surface area contributed by atoms with Crippen molar-refractivity contribution >= 4 is 34.3 Å². The highest BCUT2D eigenvalue weighted by Crippen LogP contribution is 2.38. The van der Waals surface area contributed by atoms with Gasteiger partial charge in [0.1, 0.15) is 5.82 Å². The van der Waals surface area contributed by atoms with Gasteiger partial charge in [-0.05, 0) is 97.8 Å². The van der Waals surface area contributed by atoms with Crippen LogP contribution in [-0.2, 0) is 0 Å². The van der Waals surface area contributed by atoms with Gasteiger partial charge in [0.05, 0.1) is 0 Å². The molecule has 0 aliphatic rings. The molecule has 0 atom stereocenters. The van der Waals surface area contributed by atoms with Crippen LogP contribution in [0.15, 0.2) is 152 Å². The van der Waals surface area contributed by atoms with E-state index in [1.807, 2.05) is 12.3 Å². The molecule has 0 aliphatic heterocycles. The number of rotatable bonds is 7. The molecule has 0 amide bonds. The molecule has 0 spiro atoms. The third-order valence-corrected chi connectivity index (χ3v) is 7.02. The summed E-state index contributed by atoms with van der Waals surface area (Å²) in [6.45, 7) is 4.23. The fourth-order valence-electron chi connectivity index (χ4n) is 4.97. The van der Waals surface area contributed by atoms with E-state index in [-0.39, 0.29) is 0 Å². The van der Waals surface area contributed by atoms with E-state index >= 15 is 0 Å². The molecule has 0 fully saturated rings. The Morgan fingerprint density at radius 2 is 0.925 bits per heavy atom. The molecule has 194 valence electrons. The van der Waals surface area contributed by atoms with Crippen LogP contribution in [0.2, 0.25) is 0 Å². The molecule has 1 heterocycles. The predicted octanol–water partition coefficient (Wildman–Crippen LogP) is 10.3. The Labute approximate surface area is 236 Å². The van der Waals surface area contributed by atoms with Gasteiger partial charge in [-0.15, -0.1) is 0 Å². The third kappa shape index (κ3) is 5.36. The number of benzene rings is 5. The van der Waals surface area contributed by atoms with E-state index in [1.54, 1.807) is 0 Å². The van der Waals surface area contributed by atoms with Crippen molar-refractivity contribution in [3.8, 4) is 11.1 Å². The van der Waals surface area contributed by atoms with Crippen LogP contribution in [0.5, 0.6) is 0 Å². The number of aromatic nitrogens is 1. The maximum Gasteiger partial charge on any atom is 0.137 e. The molecule has 1 aromatic heterocycles. The molecule has 0 N–H and O–H groups in total. The van der Waals surface area contributed by atoms with Crippen LogP contribution >= 0.6 is 0 Å². The number of pyridine rings is 1. The van der Waals surface area contributed by atoms with Gasteiger partial charge in [0.2, 0.25) is 0 Å². The molecule has 0 radical (unpaired) electrons. The fourth-order valence-corrected chi connectivity index (χ4v) is 4.97. The van der Waals surface area contributed by atoms with E-state index in [1.165, 1.54) is 11.1 Å². The maximum atomic E-state index is 4.91. The summed E-state index contributed by atoms with van der Waals surface area (Å²) in [6, 6.07) is 51.0. The van der Waals surface area contributed by atoms with Crippen LogP contribution in [-0.4, -0.2) is 4.98 Å². The summed E-state index contributed by atoms with van der Waals surface area (Å²) in [5.74, 6) is 0.869. The number of aryl methyl sites for hydroxylation is 2. The molecule has 3 heteroatoms. The third-order valence-electron chi connectivity index (χ3n) is 7.02. The Balaban J connectivity index is 1.38. The quantitative estimate of drug-likeness (QED) is 0.210. The molecule has 0 saturated carbocycles. The first-order valence-corrected chi connectivity index (χ1v) is 13.6. The molecule has 0 saturated heterocycles. The molecule has 5 aromatic carbocycles. The number of para-hydroxylation sites is 2. The van der Waals surface area contributed by atoms with E-state index in [4.69, 9.17) is 4.98 Å². The Morgan fingerprint density at radius 1 is 0.400 bits per heavy atom. The predicted molar refractivity (Wildman–Crippen MR) is 169 cm³/mol. The van der Waals surface area contributed by atoms with Crippen molar-refractivity contribution < 1.29 is 0 Å². The maximum absolute atomic E-state index is 4.91. The highest BCUT2D eigenvalue weighted by atomic mass is 15.2. The molecule has 3 nitrogen and oxygen atoms in total. The zero-order chi connectivity index (χ0) is 27.3. The lowest BCUT2D eigenvalue weighted by molar-refractivity contribution is 1.18. The van der Waals surface area contributed by atoms with Crippen molar-refractivity contribution in [2.45, 2.75) is 13.8 Å². The average molecular weight is 518 g/mol. The number of anilines is 6. The topological polar surface area (TPSA) is 19.4 Å². The van der Waals surface area contributed by atoms with Gasteiger partial charge in [0.25, 0.3) is 0 Å². The van der Waals surface area contributed by atoms with E-state index in [9.17, 15) is 0 Å². The summed E-state index contributed by atoms with van der Waals surface area (Å²) in [4.78, 5) is 9.40. The van der Waals surface area contributed by atoms with E-state index in [0.29, 0.717) is 0 Å². The highest BCUT2D eigenvalue weighted by Gasteiger charge is 2.16. The SMILES string of the molecule is Cc1ccc(-c2ccc(N(c3ccccc3)c3ccc(N(c4ccccc4)c4cccc(C)c4)cc3)nc2)cc1. The Kier molecular flexibility index (Phi) is 7.11. The number of hydrogen-bond donors (Lipinski definition) is 0. The van der Waals surface area contributed by atoms with Gasteiger partial charge in [-0.3, -0.25) is 4.90 Å². The van der Waals surface area contributed by atoms with E-state index in [2.05, 4.69) is 163 Å². The highest BCUT2D eigenvalue weighted by molar-refractivity contribution is 5.80. The molecule has 6 aromatic rings. The van der Waals surface area contributed by atoms with Gasteiger partial charge >= 0.3 is 0 Å². The second kappa shape index (κ2) is 11.3. The van der Waals surface area contributed by atoms with Crippen molar-refractivity contribution in [2.75, 3.05) is 9.80 Å². The minimum absolute atomic E-state index is 0.869. The van der Waals surface area contributed by atoms with Crippen molar-refractivity contribution in [1.29, 1.82) is 0 Å². The Hall–Kier alpha value is -5.15. The van der Waals surface area contributed by atoms with Crippen molar-refractivity contribution in [3.63, 3.8) is 0 Å². The average Bonchev–Trinajstić information content (AvgIpc) is 3.00. The van der Waals surface area contributed by atoms with Gasteiger partial charge in [-0.2, -0.15) is 0 Å². The van der Waals surface area contributed by atoms with Crippen LogP contribution in [0, 0.1) is 13.8 Å². The Morgan fingerprint density at radius 3 is 1.50 bits per heavy atom. The zero-order valence-electron chi connectivity index (χ0n) is 22.8. The van der Waals surface area contributed by atoms with Gasteiger partial charge in [0, 0.05) is 40.2 Å². The summed E-state index contributed by atoms with van der Waals surface area (Å²) >= 11 is 0. The van der Waals surface area contributed by atoms with Crippen LogP contribution in [0.4, 0.5) is 34.3 Å². The molecule has 40 heavy (non-hydrogen) atoms. The molecular weight excluding hydrogens is 486 g/mol. The molecule has 0 aliphatic carbocycles. The van der Waals surface area contributed by atoms with Gasteiger partial charge < -0.3 is 4.90 Å². The summed E-state index contributed by atoms with van der Waals surface area (Å²) < 4.78 is 0. The van der Waals surface area contributed by atoms with Crippen molar-refractivity contribution in [1.82, 2.24) is 4.98 Å². The van der Waals surface area contributed by atoms with Crippen LogP contribution < -0.4 is 9.80 Å². The van der Waals surface area contributed by atoms with E-state index in [0.717, 1.165) is 45.4 Å². The first kappa shape index (κ1) is 25.1. The largest absolute Gasteiger partial charge is 0.310 e. The summed E-state index contributed by atoms with van der Waals surface area (Å²) in [5.41, 5.74) is 10.2. The lowest BCUT2D eigenvalue weighted by Gasteiger charge is -2.28. The second-order valence-electron chi connectivity index (χ2n) is 9.97. The summed E-state index contributed by atoms with van der Waals surface area (Å²) in [6.07, 6.45) is 1.96. The summed E-state index contributed by atoms with van der Waals surface area (Å²) in [7, 11) is 0. The van der Waals surface area contributed by atoms with Crippen molar-refractivity contribution in [3.05, 3.63) is 163 Å². The van der Waals surface area contributed by atoms with Gasteiger partial charge in [0.15, 0.2) is 0 Å². The van der Waals surface area contributed by atoms with Gasteiger partial charge in [-0.1, -0.05) is 78.4 Å². The standard InChI is InChI=1S/C37H31N3/c1-28-16-18-30(19-17-28)31-20-25-37(38-27-31)40(33-13-7-4-8-14-33)35-23-21-34(22-24-35)39(32-11-5-3-6-12-32)36-15-9-10-29(2)26-36/h3-27H,1-2H3. The molecular formula is C37H31N3. The lowest BCUT2D eigenvalue weighted by atomic mass is 10.1. The zero-order valence-corrected chi connectivity index (χ0v) is 22.8. The monoisotopic (exact) mass is 517 g/mol. The fraction of sp³-hybridized carbons (Fsp3) is 0.0541. The number of nitrogens with zero attached hydrogens (tertiary/aromatic N) is 3. The lowest BCUT2D eigenvalue weighted by Crippen LogP contribution is -2.13. The van der Waals surface area contributed by atoms with Crippen LogP contribution in [0.25, 0.3) is 11.1 Å². The summed E-state index contributed by atoms with van der Waals surface area (Å²) in [5, 5.41) is 0. The first-order valence-electron chi connectivity index (χ1n) is 13.6. The Bertz CT molecular complexity index is 1680. The number of hydrogen-bond acceptors (Lipinski definition) is 3. The first-order chi connectivity index (χ1) is 19.7. The molecule has 6 rings (SSSR count). The van der Waals surface area contributed by atoms with Crippen LogP contribution in [0.1, 0.15) is 11.1 Å². The van der Waals surface area contributed by atoms with E-state index < -0.39 is 0 Å². The van der Waals surface area contributed by atoms with Crippen LogP contribution in [0.3, 0.4) is 0 Å². The minimum Gasteiger partial charge on any atom is -0.310 e.